The summed E-state index contributed by atoms with van der Waals surface area (Å²) in [6.07, 6.45) is 0.0464. The van der Waals surface area contributed by atoms with Crippen LogP contribution in [0.3, 0.4) is 0 Å². The van der Waals surface area contributed by atoms with Crippen molar-refractivity contribution in [3.8, 4) is 5.75 Å². The topological polar surface area (TPSA) is 21.3 Å². The number of ether oxygens (including phenoxy) is 1. The summed E-state index contributed by atoms with van der Waals surface area (Å²) in [5.74, 6) is 1.00. The van der Waals surface area contributed by atoms with Gasteiger partial charge in [0.25, 0.3) is 0 Å². The Morgan fingerprint density at radius 1 is 0.952 bits per heavy atom. The van der Waals surface area contributed by atoms with Crippen LogP contribution < -0.4 is 10.1 Å². The first-order valence-corrected chi connectivity index (χ1v) is 7.61. The first kappa shape index (κ1) is 15.6. The first-order valence-electron chi connectivity index (χ1n) is 7.61. The fourth-order valence-corrected chi connectivity index (χ4v) is 2.30. The summed E-state index contributed by atoms with van der Waals surface area (Å²) in [5.41, 5.74) is 3.59. The van der Waals surface area contributed by atoms with Crippen molar-refractivity contribution < 1.29 is 4.74 Å². The van der Waals surface area contributed by atoms with Crippen molar-refractivity contribution in [1.82, 2.24) is 5.32 Å². The van der Waals surface area contributed by atoms with Gasteiger partial charge in [0, 0.05) is 18.2 Å². The van der Waals surface area contributed by atoms with E-state index in [1.54, 1.807) is 0 Å². The van der Waals surface area contributed by atoms with Gasteiger partial charge in [0.05, 0.1) is 0 Å². The van der Waals surface area contributed by atoms with Crippen LogP contribution >= 0.6 is 0 Å². The van der Waals surface area contributed by atoms with E-state index in [4.69, 9.17) is 4.74 Å². The SMILES string of the molecule is Cc1cccc(CNC(C)C)c1OC(C)c1ccccc1. The number of nitrogens with one attached hydrogen (secondary N) is 1. The van der Waals surface area contributed by atoms with Crippen molar-refractivity contribution in [1.29, 1.82) is 0 Å². The zero-order chi connectivity index (χ0) is 15.2. The van der Waals surface area contributed by atoms with Gasteiger partial charge in [-0.1, -0.05) is 62.4 Å². The van der Waals surface area contributed by atoms with Crippen molar-refractivity contribution in [2.24, 2.45) is 0 Å². The number of hydrogen-bond acceptors (Lipinski definition) is 2. The fraction of sp³-hybridized carbons (Fsp3) is 0.368. The lowest BCUT2D eigenvalue weighted by molar-refractivity contribution is 0.222. The van der Waals surface area contributed by atoms with Gasteiger partial charge < -0.3 is 10.1 Å². The molecular weight excluding hydrogens is 258 g/mol. The van der Waals surface area contributed by atoms with Gasteiger partial charge in [-0.05, 0) is 25.0 Å². The van der Waals surface area contributed by atoms with Gasteiger partial charge in [-0.2, -0.15) is 0 Å². The molecule has 1 N–H and O–H groups in total. The second kappa shape index (κ2) is 7.28. The highest BCUT2D eigenvalue weighted by atomic mass is 16.5. The molecule has 0 saturated carbocycles. The number of para-hydroxylation sites is 1. The van der Waals surface area contributed by atoms with Gasteiger partial charge in [0.1, 0.15) is 11.9 Å². The second-order valence-corrected chi connectivity index (χ2v) is 5.77. The molecule has 0 aliphatic rings. The molecule has 0 fully saturated rings. The van der Waals surface area contributed by atoms with Gasteiger partial charge in [-0.25, -0.2) is 0 Å². The third-order valence-electron chi connectivity index (χ3n) is 3.56. The predicted octanol–water partition coefficient (Wildman–Crippen LogP) is 4.63. The van der Waals surface area contributed by atoms with Crippen molar-refractivity contribution in [2.75, 3.05) is 0 Å². The normalized spacial score (nSPS) is 12.4. The summed E-state index contributed by atoms with van der Waals surface area (Å²) in [4.78, 5) is 0. The zero-order valence-electron chi connectivity index (χ0n) is 13.4. The second-order valence-electron chi connectivity index (χ2n) is 5.77. The summed E-state index contributed by atoms with van der Waals surface area (Å²) in [6.45, 7) is 9.34. The molecule has 0 heterocycles. The highest BCUT2D eigenvalue weighted by Gasteiger charge is 2.12. The van der Waals surface area contributed by atoms with Crippen LogP contribution in [0.25, 0.3) is 0 Å². The number of benzene rings is 2. The molecule has 0 aliphatic carbocycles. The molecule has 2 aromatic rings. The van der Waals surface area contributed by atoms with E-state index in [0.717, 1.165) is 12.3 Å². The third kappa shape index (κ3) is 4.33. The van der Waals surface area contributed by atoms with Gasteiger partial charge >= 0.3 is 0 Å². The van der Waals surface area contributed by atoms with Crippen molar-refractivity contribution >= 4 is 0 Å². The van der Waals surface area contributed by atoms with E-state index in [0.29, 0.717) is 6.04 Å². The fourth-order valence-electron chi connectivity index (χ4n) is 2.30. The van der Waals surface area contributed by atoms with Crippen LogP contribution in [0.4, 0.5) is 0 Å². The minimum Gasteiger partial charge on any atom is -0.485 e. The first-order chi connectivity index (χ1) is 10.1. The van der Waals surface area contributed by atoms with Crippen molar-refractivity contribution in [3.63, 3.8) is 0 Å². The lowest BCUT2D eigenvalue weighted by Crippen LogP contribution is -2.22. The molecule has 0 amide bonds. The highest BCUT2D eigenvalue weighted by Crippen LogP contribution is 2.28. The van der Waals surface area contributed by atoms with Gasteiger partial charge in [-0.15, -0.1) is 0 Å². The quantitative estimate of drug-likeness (QED) is 0.834. The Morgan fingerprint density at radius 2 is 1.67 bits per heavy atom. The van der Waals surface area contributed by atoms with Crippen molar-refractivity contribution in [3.05, 3.63) is 65.2 Å². The van der Waals surface area contributed by atoms with Crippen molar-refractivity contribution in [2.45, 2.75) is 46.4 Å². The third-order valence-corrected chi connectivity index (χ3v) is 3.56. The monoisotopic (exact) mass is 283 g/mol. The van der Waals surface area contributed by atoms with E-state index >= 15 is 0 Å². The van der Waals surface area contributed by atoms with E-state index in [9.17, 15) is 0 Å². The molecule has 1 atom stereocenters. The maximum absolute atomic E-state index is 6.25. The number of hydrogen-bond donors (Lipinski definition) is 1. The number of rotatable bonds is 6. The van der Waals surface area contributed by atoms with E-state index in [1.165, 1.54) is 16.7 Å². The molecule has 0 saturated heterocycles. The summed E-state index contributed by atoms with van der Waals surface area (Å²) >= 11 is 0. The lowest BCUT2D eigenvalue weighted by Gasteiger charge is -2.20. The molecule has 0 bridgehead atoms. The van der Waals surface area contributed by atoms with Crippen LogP contribution in [0, 0.1) is 6.92 Å². The van der Waals surface area contributed by atoms with E-state index in [-0.39, 0.29) is 6.10 Å². The van der Waals surface area contributed by atoms with E-state index < -0.39 is 0 Å². The van der Waals surface area contributed by atoms with Crippen LogP contribution in [-0.4, -0.2) is 6.04 Å². The standard InChI is InChI=1S/C19H25NO/c1-14(2)20-13-18-12-8-9-15(3)19(18)21-16(4)17-10-6-5-7-11-17/h5-12,14,16,20H,13H2,1-4H3. The Bertz CT molecular complexity index is 563. The molecule has 112 valence electrons. The maximum Gasteiger partial charge on any atom is 0.127 e. The van der Waals surface area contributed by atoms with Crippen LogP contribution in [0.1, 0.15) is 43.6 Å². The Morgan fingerprint density at radius 3 is 2.33 bits per heavy atom. The highest BCUT2D eigenvalue weighted by molar-refractivity contribution is 5.41. The summed E-state index contributed by atoms with van der Waals surface area (Å²) in [7, 11) is 0. The molecule has 21 heavy (non-hydrogen) atoms. The minimum absolute atomic E-state index is 0.0464. The van der Waals surface area contributed by atoms with Gasteiger partial charge in [0.2, 0.25) is 0 Å². The largest absolute Gasteiger partial charge is 0.485 e. The van der Waals surface area contributed by atoms with Gasteiger partial charge in [-0.3, -0.25) is 0 Å². The molecule has 2 nitrogen and oxygen atoms in total. The molecule has 1 unspecified atom stereocenters. The summed E-state index contributed by atoms with van der Waals surface area (Å²) < 4.78 is 6.25. The summed E-state index contributed by atoms with van der Waals surface area (Å²) in [5, 5.41) is 3.46. The van der Waals surface area contributed by atoms with Crippen LogP contribution in [-0.2, 0) is 6.54 Å². The summed E-state index contributed by atoms with van der Waals surface area (Å²) in [6, 6.07) is 17.1. The smallest absolute Gasteiger partial charge is 0.127 e. The molecule has 2 aromatic carbocycles. The lowest BCUT2D eigenvalue weighted by atomic mass is 10.1. The molecule has 0 aliphatic heterocycles. The Balaban J connectivity index is 2.18. The molecule has 2 rings (SSSR count). The zero-order valence-corrected chi connectivity index (χ0v) is 13.4. The minimum atomic E-state index is 0.0464. The predicted molar refractivity (Wildman–Crippen MR) is 88.6 cm³/mol. The molecule has 0 aromatic heterocycles. The Kier molecular flexibility index (Phi) is 5.40. The maximum atomic E-state index is 6.25. The molecule has 0 radical (unpaired) electrons. The molecular formula is C19H25NO. The Labute approximate surface area is 128 Å². The molecule has 0 spiro atoms. The van der Waals surface area contributed by atoms with E-state index in [1.807, 2.05) is 18.2 Å². The molecule has 2 heteroatoms. The van der Waals surface area contributed by atoms with Gasteiger partial charge in [0.15, 0.2) is 0 Å². The van der Waals surface area contributed by atoms with Crippen LogP contribution in [0.5, 0.6) is 5.75 Å². The van der Waals surface area contributed by atoms with E-state index in [2.05, 4.69) is 63.3 Å². The Hall–Kier alpha value is -1.80. The van der Waals surface area contributed by atoms with Crippen LogP contribution in [0.15, 0.2) is 48.5 Å². The number of aryl methyl sites for hydroxylation is 1. The average Bonchev–Trinajstić information content (AvgIpc) is 2.48. The van der Waals surface area contributed by atoms with Crippen LogP contribution in [0.2, 0.25) is 0 Å². The average molecular weight is 283 g/mol.